The molecule has 32 heavy (non-hydrogen) atoms. The minimum Gasteiger partial charge on any atom is -0.497 e. The van der Waals surface area contributed by atoms with Gasteiger partial charge < -0.3 is 19.1 Å². The van der Waals surface area contributed by atoms with Crippen molar-refractivity contribution in [2.75, 3.05) is 45.4 Å². The number of hydrogen-bond donors (Lipinski definition) is 0. The number of allylic oxidation sites excluding steroid dienone is 1. The van der Waals surface area contributed by atoms with E-state index in [1.807, 2.05) is 24.3 Å². The molecule has 0 spiro atoms. The second kappa shape index (κ2) is 8.71. The minimum atomic E-state index is -0.255. The summed E-state index contributed by atoms with van der Waals surface area (Å²) in [5, 5.41) is 0. The molecule has 1 fully saturated rings. The van der Waals surface area contributed by atoms with Crippen LogP contribution in [0.3, 0.4) is 0 Å². The van der Waals surface area contributed by atoms with Crippen molar-refractivity contribution < 1.29 is 14.2 Å². The Morgan fingerprint density at radius 2 is 1.38 bits per heavy atom. The van der Waals surface area contributed by atoms with E-state index in [1.165, 1.54) is 27.9 Å². The van der Waals surface area contributed by atoms with Crippen LogP contribution < -0.4 is 14.4 Å². The van der Waals surface area contributed by atoms with Gasteiger partial charge in [-0.15, -0.1) is 0 Å². The van der Waals surface area contributed by atoms with Gasteiger partial charge in [0.15, 0.2) is 0 Å². The number of morpholine rings is 1. The molecule has 5 rings (SSSR count). The van der Waals surface area contributed by atoms with Crippen LogP contribution in [0.5, 0.6) is 11.5 Å². The third-order valence-electron chi connectivity index (χ3n) is 6.73. The second-order valence-corrected chi connectivity index (χ2v) is 8.42. The second-order valence-electron chi connectivity index (χ2n) is 8.42. The van der Waals surface area contributed by atoms with E-state index in [9.17, 15) is 0 Å². The molecule has 0 aromatic heterocycles. The average molecular weight is 428 g/mol. The van der Waals surface area contributed by atoms with Crippen LogP contribution >= 0.6 is 0 Å². The molecule has 0 unspecified atom stereocenters. The molecule has 0 atom stereocenters. The van der Waals surface area contributed by atoms with Gasteiger partial charge in [0.1, 0.15) is 11.5 Å². The summed E-state index contributed by atoms with van der Waals surface area (Å²) in [6.07, 6.45) is 5.53. The quantitative estimate of drug-likeness (QED) is 0.567. The summed E-state index contributed by atoms with van der Waals surface area (Å²) in [7, 11) is 3.41. The first kappa shape index (κ1) is 20.7. The van der Waals surface area contributed by atoms with Gasteiger partial charge in [0.05, 0.1) is 27.4 Å². The lowest BCUT2D eigenvalue weighted by molar-refractivity contribution is 0.122. The van der Waals surface area contributed by atoms with Crippen LogP contribution in [-0.4, -0.2) is 40.5 Å². The molecule has 1 aliphatic carbocycles. The van der Waals surface area contributed by atoms with Crippen LogP contribution in [0.25, 0.3) is 6.08 Å². The van der Waals surface area contributed by atoms with E-state index in [0.29, 0.717) is 0 Å². The lowest BCUT2D eigenvalue weighted by atomic mass is 9.67. The monoisotopic (exact) mass is 427 g/mol. The van der Waals surface area contributed by atoms with Crippen molar-refractivity contribution in [3.05, 3.63) is 95.1 Å². The van der Waals surface area contributed by atoms with Crippen molar-refractivity contribution in [2.24, 2.45) is 0 Å². The molecule has 4 nitrogen and oxygen atoms in total. The summed E-state index contributed by atoms with van der Waals surface area (Å²) >= 11 is 0. The fourth-order valence-corrected chi connectivity index (χ4v) is 4.86. The normalized spacial score (nSPS) is 17.0. The van der Waals surface area contributed by atoms with Gasteiger partial charge in [-0.05, 0) is 65.1 Å². The lowest BCUT2D eigenvalue weighted by Crippen LogP contribution is -2.36. The highest BCUT2D eigenvalue weighted by Crippen LogP contribution is 2.43. The Morgan fingerprint density at radius 3 is 1.94 bits per heavy atom. The average Bonchev–Trinajstić information content (AvgIpc) is 2.88. The molecule has 0 saturated carbocycles. The molecular weight excluding hydrogens is 398 g/mol. The molecular formula is C28H29NO3. The lowest BCUT2D eigenvalue weighted by Gasteiger charge is -2.37. The first-order valence-corrected chi connectivity index (χ1v) is 11.2. The number of rotatable bonds is 5. The number of benzene rings is 3. The Hall–Kier alpha value is -3.24. The van der Waals surface area contributed by atoms with Crippen molar-refractivity contribution in [3.63, 3.8) is 0 Å². The molecule has 4 heteroatoms. The number of fused-ring (bicyclic) bond motifs is 1. The predicted octanol–water partition coefficient (Wildman–Crippen LogP) is 5.10. The maximum Gasteiger partial charge on any atom is 0.118 e. The van der Waals surface area contributed by atoms with Gasteiger partial charge >= 0.3 is 0 Å². The highest BCUT2D eigenvalue weighted by atomic mass is 16.5. The summed E-state index contributed by atoms with van der Waals surface area (Å²) in [5.41, 5.74) is 6.18. The van der Waals surface area contributed by atoms with E-state index >= 15 is 0 Å². The Kier molecular flexibility index (Phi) is 5.62. The maximum atomic E-state index is 5.55. The van der Waals surface area contributed by atoms with Gasteiger partial charge in [-0.2, -0.15) is 0 Å². The van der Waals surface area contributed by atoms with Crippen molar-refractivity contribution in [1.82, 2.24) is 0 Å². The van der Waals surface area contributed by atoms with Crippen LogP contribution in [0, 0.1) is 0 Å². The SMILES string of the molecule is COc1ccc(C2(c3ccc(OC)cc3)C=Cc3ccc(N4CCOCC4)cc3C2)cc1. The zero-order valence-corrected chi connectivity index (χ0v) is 18.7. The summed E-state index contributed by atoms with van der Waals surface area (Å²) in [6.45, 7) is 3.46. The van der Waals surface area contributed by atoms with E-state index in [4.69, 9.17) is 14.2 Å². The fourth-order valence-electron chi connectivity index (χ4n) is 4.86. The standard InChI is InChI=1S/C28H29NO3/c1-30-26-9-4-23(5-10-26)28(24-6-11-27(31-2)12-7-24)14-13-21-3-8-25(19-22(21)20-28)29-15-17-32-18-16-29/h3-14,19H,15-18,20H2,1-2H3. The molecule has 1 aliphatic heterocycles. The molecule has 3 aromatic carbocycles. The third kappa shape index (κ3) is 3.76. The van der Waals surface area contributed by atoms with E-state index in [1.54, 1.807) is 14.2 Å². The van der Waals surface area contributed by atoms with Crippen molar-refractivity contribution in [3.8, 4) is 11.5 Å². The summed E-state index contributed by atoms with van der Waals surface area (Å²) in [4.78, 5) is 2.42. The van der Waals surface area contributed by atoms with Crippen molar-refractivity contribution in [2.45, 2.75) is 11.8 Å². The zero-order valence-electron chi connectivity index (χ0n) is 18.7. The smallest absolute Gasteiger partial charge is 0.118 e. The molecule has 3 aromatic rings. The van der Waals surface area contributed by atoms with Gasteiger partial charge in [0.25, 0.3) is 0 Å². The number of methoxy groups -OCH3 is 2. The number of ether oxygens (including phenoxy) is 3. The first-order chi connectivity index (χ1) is 15.7. The largest absolute Gasteiger partial charge is 0.497 e. The van der Waals surface area contributed by atoms with E-state index in [2.05, 4.69) is 59.5 Å². The van der Waals surface area contributed by atoms with Crippen molar-refractivity contribution in [1.29, 1.82) is 0 Å². The van der Waals surface area contributed by atoms with Gasteiger partial charge in [-0.25, -0.2) is 0 Å². The van der Waals surface area contributed by atoms with Crippen LogP contribution in [0.1, 0.15) is 22.3 Å². The molecule has 164 valence electrons. The Morgan fingerprint density at radius 1 is 0.781 bits per heavy atom. The fraction of sp³-hybridized carbons (Fsp3) is 0.286. The maximum absolute atomic E-state index is 5.55. The number of nitrogens with zero attached hydrogens (tertiary/aromatic N) is 1. The van der Waals surface area contributed by atoms with Crippen LogP contribution in [0.15, 0.2) is 72.8 Å². The van der Waals surface area contributed by atoms with Gasteiger partial charge in [0.2, 0.25) is 0 Å². The van der Waals surface area contributed by atoms with Crippen molar-refractivity contribution >= 4 is 11.8 Å². The topological polar surface area (TPSA) is 30.9 Å². The van der Waals surface area contributed by atoms with E-state index in [-0.39, 0.29) is 5.41 Å². The summed E-state index contributed by atoms with van der Waals surface area (Å²) in [6, 6.07) is 23.8. The molecule has 1 heterocycles. The molecule has 0 bridgehead atoms. The number of anilines is 1. The predicted molar refractivity (Wildman–Crippen MR) is 129 cm³/mol. The van der Waals surface area contributed by atoms with Gasteiger partial charge in [-0.3, -0.25) is 0 Å². The van der Waals surface area contributed by atoms with E-state index in [0.717, 1.165) is 44.2 Å². The molecule has 2 aliphatic rings. The highest BCUT2D eigenvalue weighted by molar-refractivity contribution is 5.67. The van der Waals surface area contributed by atoms with Crippen LogP contribution in [-0.2, 0) is 16.6 Å². The van der Waals surface area contributed by atoms with Crippen LogP contribution in [0.4, 0.5) is 5.69 Å². The molecule has 0 radical (unpaired) electrons. The molecule has 0 amide bonds. The Balaban J connectivity index is 1.58. The molecule has 0 N–H and O–H groups in total. The highest BCUT2D eigenvalue weighted by Gasteiger charge is 2.35. The Bertz CT molecular complexity index is 1050. The van der Waals surface area contributed by atoms with E-state index < -0.39 is 0 Å². The van der Waals surface area contributed by atoms with Gasteiger partial charge in [0, 0.05) is 24.2 Å². The molecule has 1 saturated heterocycles. The first-order valence-electron chi connectivity index (χ1n) is 11.2. The zero-order chi connectivity index (χ0) is 22.0. The Labute approximate surface area is 190 Å². The minimum absolute atomic E-state index is 0.255. The van der Waals surface area contributed by atoms with Gasteiger partial charge in [-0.1, -0.05) is 42.5 Å². The number of hydrogen-bond acceptors (Lipinski definition) is 4. The van der Waals surface area contributed by atoms with Crippen LogP contribution in [0.2, 0.25) is 0 Å². The third-order valence-corrected chi connectivity index (χ3v) is 6.73. The summed E-state index contributed by atoms with van der Waals surface area (Å²) < 4.78 is 16.4. The summed E-state index contributed by atoms with van der Waals surface area (Å²) in [5.74, 6) is 1.74.